The SMILES string of the molecule is CCN1C[C@]2(CC1=O)CN(C(=O)c1ccccn1)CCN(C(=O)C(C)C)C2. The Morgan fingerprint density at radius 3 is 2.44 bits per heavy atom. The molecular weight excluding hydrogens is 344 g/mol. The Balaban J connectivity index is 1.89. The molecule has 2 aliphatic heterocycles. The highest BCUT2D eigenvalue weighted by atomic mass is 16.2. The van der Waals surface area contributed by atoms with Gasteiger partial charge < -0.3 is 14.7 Å². The van der Waals surface area contributed by atoms with Crippen molar-refractivity contribution >= 4 is 17.7 Å². The Morgan fingerprint density at radius 1 is 1.15 bits per heavy atom. The zero-order chi connectivity index (χ0) is 19.6. The van der Waals surface area contributed by atoms with Crippen molar-refractivity contribution in [1.29, 1.82) is 0 Å². The zero-order valence-corrected chi connectivity index (χ0v) is 16.4. The maximum absolute atomic E-state index is 13.0. The molecule has 1 aromatic rings. The van der Waals surface area contributed by atoms with Gasteiger partial charge in [-0.1, -0.05) is 19.9 Å². The minimum absolute atomic E-state index is 0.0731. The van der Waals surface area contributed by atoms with E-state index < -0.39 is 5.41 Å². The molecule has 0 unspecified atom stereocenters. The number of amides is 3. The standard InChI is InChI=1S/C20H28N4O3/c1-4-22-12-20(11-17(22)25)13-23(18(26)15(2)3)9-10-24(14-20)19(27)16-7-5-6-8-21-16/h5-8,15H,4,9-14H2,1-3H3/t20-/m0/s1. The van der Waals surface area contributed by atoms with Crippen LogP contribution in [0.3, 0.4) is 0 Å². The third-order valence-electron chi connectivity index (χ3n) is 5.46. The lowest BCUT2D eigenvalue weighted by atomic mass is 9.85. The summed E-state index contributed by atoms with van der Waals surface area (Å²) in [6.45, 7) is 8.87. The van der Waals surface area contributed by atoms with Crippen molar-refractivity contribution in [2.75, 3.05) is 39.3 Å². The highest BCUT2D eigenvalue weighted by Gasteiger charge is 2.47. The first-order chi connectivity index (χ1) is 12.8. The largest absolute Gasteiger partial charge is 0.342 e. The fourth-order valence-electron chi connectivity index (χ4n) is 4.12. The zero-order valence-electron chi connectivity index (χ0n) is 16.4. The van der Waals surface area contributed by atoms with Gasteiger partial charge in [0.2, 0.25) is 11.8 Å². The van der Waals surface area contributed by atoms with E-state index in [-0.39, 0.29) is 23.6 Å². The molecule has 27 heavy (non-hydrogen) atoms. The molecule has 1 aromatic heterocycles. The minimum atomic E-state index is -0.418. The molecule has 1 spiro atoms. The van der Waals surface area contributed by atoms with Crippen molar-refractivity contribution in [1.82, 2.24) is 19.7 Å². The van der Waals surface area contributed by atoms with Crippen molar-refractivity contribution in [3.05, 3.63) is 30.1 Å². The topological polar surface area (TPSA) is 73.8 Å². The molecule has 0 saturated carbocycles. The van der Waals surface area contributed by atoms with Gasteiger partial charge in [-0.2, -0.15) is 0 Å². The molecule has 3 heterocycles. The molecule has 1 atom stereocenters. The van der Waals surface area contributed by atoms with Gasteiger partial charge in [0, 0.05) is 63.2 Å². The monoisotopic (exact) mass is 372 g/mol. The second-order valence-corrected chi connectivity index (χ2v) is 7.94. The molecule has 0 aliphatic carbocycles. The number of nitrogens with zero attached hydrogens (tertiary/aromatic N) is 4. The third-order valence-corrected chi connectivity index (χ3v) is 5.46. The van der Waals surface area contributed by atoms with E-state index in [0.717, 1.165) is 0 Å². The van der Waals surface area contributed by atoms with Gasteiger partial charge in [-0.15, -0.1) is 0 Å². The maximum atomic E-state index is 13.0. The lowest BCUT2D eigenvalue weighted by Crippen LogP contribution is -2.46. The first-order valence-corrected chi connectivity index (χ1v) is 9.62. The molecule has 146 valence electrons. The Bertz CT molecular complexity index is 721. The molecule has 0 N–H and O–H groups in total. The summed E-state index contributed by atoms with van der Waals surface area (Å²) in [6.07, 6.45) is 1.97. The number of aromatic nitrogens is 1. The predicted octanol–water partition coefficient (Wildman–Crippen LogP) is 1.26. The third kappa shape index (κ3) is 3.96. The van der Waals surface area contributed by atoms with Crippen LogP contribution < -0.4 is 0 Å². The Morgan fingerprint density at radius 2 is 1.85 bits per heavy atom. The van der Waals surface area contributed by atoms with Crippen molar-refractivity contribution in [3.63, 3.8) is 0 Å². The quantitative estimate of drug-likeness (QED) is 0.801. The van der Waals surface area contributed by atoms with E-state index in [1.54, 1.807) is 29.3 Å². The molecule has 2 saturated heterocycles. The highest BCUT2D eigenvalue weighted by molar-refractivity contribution is 5.92. The van der Waals surface area contributed by atoms with Gasteiger partial charge in [0.15, 0.2) is 0 Å². The van der Waals surface area contributed by atoms with Gasteiger partial charge in [-0.25, -0.2) is 0 Å². The summed E-state index contributed by atoms with van der Waals surface area (Å²) in [7, 11) is 0. The average Bonchev–Trinajstić information content (AvgIpc) is 2.86. The number of hydrogen-bond donors (Lipinski definition) is 0. The van der Waals surface area contributed by atoms with Gasteiger partial charge >= 0.3 is 0 Å². The highest BCUT2D eigenvalue weighted by Crippen LogP contribution is 2.35. The Hall–Kier alpha value is -2.44. The van der Waals surface area contributed by atoms with Crippen molar-refractivity contribution in [3.8, 4) is 0 Å². The lowest BCUT2D eigenvalue weighted by molar-refractivity contribution is -0.135. The fourth-order valence-corrected chi connectivity index (χ4v) is 4.12. The molecule has 3 rings (SSSR count). The number of carbonyl (C=O) groups is 3. The van der Waals surface area contributed by atoms with Crippen molar-refractivity contribution in [2.45, 2.75) is 27.2 Å². The van der Waals surface area contributed by atoms with Crippen LogP contribution in [0.2, 0.25) is 0 Å². The van der Waals surface area contributed by atoms with Gasteiger partial charge in [0.1, 0.15) is 5.69 Å². The minimum Gasteiger partial charge on any atom is -0.342 e. The van der Waals surface area contributed by atoms with Gasteiger partial charge in [0.05, 0.1) is 0 Å². The molecule has 2 aliphatic rings. The first-order valence-electron chi connectivity index (χ1n) is 9.62. The van der Waals surface area contributed by atoms with Gasteiger partial charge in [0.25, 0.3) is 5.91 Å². The normalized spacial score (nSPS) is 23.3. The van der Waals surface area contributed by atoms with E-state index in [1.807, 2.05) is 30.6 Å². The van der Waals surface area contributed by atoms with E-state index >= 15 is 0 Å². The van der Waals surface area contributed by atoms with Gasteiger partial charge in [-0.05, 0) is 19.1 Å². The van der Waals surface area contributed by atoms with Crippen LogP contribution in [0.4, 0.5) is 0 Å². The molecule has 0 bridgehead atoms. The number of rotatable bonds is 3. The van der Waals surface area contributed by atoms with Crippen LogP contribution in [0.25, 0.3) is 0 Å². The summed E-state index contributed by atoms with van der Waals surface area (Å²) >= 11 is 0. The summed E-state index contributed by atoms with van der Waals surface area (Å²) in [5.41, 5.74) is -0.0218. The second kappa shape index (κ2) is 7.66. The lowest BCUT2D eigenvalue weighted by Gasteiger charge is -2.34. The van der Waals surface area contributed by atoms with Crippen LogP contribution >= 0.6 is 0 Å². The van der Waals surface area contributed by atoms with Crippen LogP contribution in [-0.2, 0) is 9.59 Å². The van der Waals surface area contributed by atoms with Crippen LogP contribution in [0.15, 0.2) is 24.4 Å². The number of hydrogen-bond acceptors (Lipinski definition) is 4. The van der Waals surface area contributed by atoms with E-state index in [4.69, 9.17) is 0 Å². The van der Waals surface area contributed by atoms with E-state index in [1.165, 1.54) is 0 Å². The first kappa shape index (κ1) is 19.3. The summed E-state index contributed by atoms with van der Waals surface area (Å²) in [6, 6.07) is 5.27. The fraction of sp³-hybridized carbons (Fsp3) is 0.600. The van der Waals surface area contributed by atoms with E-state index in [0.29, 0.717) is 51.4 Å². The summed E-state index contributed by atoms with van der Waals surface area (Å²) in [5.74, 6) is -0.0822. The number of carbonyl (C=O) groups excluding carboxylic acids is 3. The average molecular weight is 372 g/mol. The van der Waals surface area contributed by atoms with Crippen molar-refractivity contribution < 1.29 is 14.4 Å². The molecule has 7 nitrogen and oxygen atoms in total. The van der Waals surface area contributed by atoms with Crippen molar-refractivity contribution in [2.24, 2.45) is 11.3 Å². The summed E-state index contributed by atoms with van der Waals surface area (Å²) < 4.78 is 0. The van der Waals surface area contributed by atoms with Crippen LogP contribution in [0.5, 0.6) is 0 Å². The molecular formula is C20H28N4O3. The molecule has 0 aromatic carbocycles. The molecule has 0 radical (unpaired) electrons. The maximum Gasteiger partial charge on any atom is 0.272 e. The second-order valence-electron chi connectivity index (χ2n) is 7.94. The molecule has 3 amide bonds. The predicted molar refractivity (Wildman–Crippen MR) is 101 cm³/mol. The number of pyridine rings is 1. The molecule has 7 heteroatoms. The van der Waals surface area contributed by atoms with E-state index in [9.17, 15) is 14.4 Å². The number of likely N-dealkylation sites (tertiary alicyclic amines) is 1. The van der Waals surface area contributed by atoms with E-state index in [2.05, 4.69) is 4.98 Å². The van der Waals surface area contributed by atoms with Crippen LogP contribution in [-0.4, -0.2) is 76.7 Å². The summed E-state index contributed by atoms with van der Waals surface area (Å²) in [4.78, 5) is 47.7. The van der Waals surface area contributed by atoms with Gasteiger partial charge in [-0.3, -0.25) is 19.4 Å². The Labute approximate surface area is 160 Å². The molecule has 2 fully saturated rings. The summed E-state index contributed by atoms with van der Waals surface area (Å²) in [5, 5.41) is 0. The van der Waals surface area contributed by atoms with Crippen LogP contribution in [0, 0.1) is 11.3 Å². The van der Waals surface area contributed by atoms with Crippen LogP contribution in [0.1, 0.15) is 37.7 Å². The Kier molecular flexibility index (Phi) is 5.48. The smallest absolute Gasteiger partial charge is 0.272 e.